The van der Waals surface area contributed by atoms with Gasteiger partial charge in [0.05, 0.1) is 22.1 Å². The molecular weight excluding hydrogens is 350 g/mol. The van der Waals surface area contributed by atoms with E-state index in [0.717, 1.165) is 5.70 Å². The third-order valence-electron chi connectivity index (χ3n) is 5.20. The number of nitrogens with zero attached hydrogens (tertiary/aromatic N) is 2. The minimum atomic E-state index is -0.661. The Morgan fingerprint density at radius 3 is 2.81 bits per heavy atom. The molecule has 27 heavy (non-hydrogen) atoms. The molecule has 1 atom stereocenters. The number of aryl methyl sites for hydroxylation is 1. The predicted molar refractivity (Wildman–Crippen MR) is 96.5 cm³/mol. The number of non-ortho nitro benzene ring substituents is 1. The van der Waals surface area contributed by atoms with Gasteiger partial charge in [-0.15, -0.1) is 0 Å². The summed E-state index contributed by atoms with van der Waals surface area (Å²) in [7, 11) is 0. The van der Waals surface area contributed by atoms with Gasteiger partial charge in [-0.25, -0.2) is 0 Å². The molecule has 1 aliphatic heterocycles. The van der Waals surface area contributed by atoms with Crippen molar-refractivity contribution < 1.29 is 19.3 Å². The highest BCUT2D eigenvalue weighted by Crippen LogP contribution is 2.51. The van der Waals surface area contributed by atoms with Gasteiger partial charge in [0, 0.05) is 35.4 Å². The zero-order valence-electron chi connectivity index (χ0n) is 15.2. The molecule has 0 saturated heterocycles. The standard InChI is InChI=1S/C19H19N3O5/c1-9-15-16(11-6-10(22(25)26)4-5-13(11)23)17-12(20-18(15)27-21-9)7-19(2,3)8-14(17)24/h4-6,16,20,23H,7-8H2,1-3H3/t16-/m0/s1. The van der Waals surface area contributed by atoms with Crippen LogP contribution in [-0.4, -0.2) is 21.0 Å². The lowest BCUT2D eigenvalue weighted by molar-refractivity contribution is -0.384. The number of benzene rings is 1. The maximum atomic E-state index is 13.0. The lowest BCUT2D eigenvalue weighted by Crippen LogP contribution is -2.33. The average Bonchev–Trinajstić information content (AvgIpc) is 2.93. The van der Waals surface area contributed by atoms with Gasteiger partial charge >= 0.3 is 0 Å². The molecule has 1 aromatic heterocycles. The lowest BCUT2D eigenvalue weighted by Gasteiger charge is -2.37. The summed E-state index contributed by atoms with van der Waals surface area (Å²) in [5.41, 5.74) is 2.36. The number of ketones is 1. The lowest BCUT2D eigenvalue weighted by atomic mass is 9.69. The van der Waals surface area contributed by atoms with Gasteiger partial charge in [-0.3, -0.25) is 14.9 Å². The molecule has 8 heteroatoms. The number of hydrogen-bond acceptors (Lipinski definition) is 7. The third kappa shape index (κ3) is 2.68. The van der Waals surface area contributed by atoms with Crippen molar-refractivity contribution in [2.75, 3.05) is 5.32 Å². The zero-order valence-corrected chi connectivity index (χ0v) is 15.2. The predicted octanol–water partition coefficient (Wildman–Crippen LogP) is 3.80. The van der Waals surface area contributed by atoms with Crippen molar-refractivity contribution in [3.05, 3.63) is 56.4 Å². The molecule has 0 fully saturated rings. The van der Waals surface area contributed by atoms with Gasteiger partial charge in [-0.2, -0.15) is 0 Å². The number of phenolic OH excluding ortho intramolecular Hbond substituents is 1. The number of phenols is 1. The van der Waals surface area contributed by atoms with E-state index in [-0.39, 0.29) is 22.6 Å². The highest BCUT2D eigenvalue weighted by atomic mass is 16.6. The number of rotatable bonds is 2. The first-order valence-corrected chi connectivity index (χ1v) is 8.65. The minimum absolute atomic E-state index is 0.0455. The van der Waals surface area contributed by atoms with Crippen molar-refractivity contribution in [2.45, 2.75) is 39.5 Å². The summed E-state index contributed by atoms with van der Waals surface area (Å²) >= 11 is 0. The van der Waals surface area contributed by atoms with Gasteiger partial charge in [-0.1, -0.05) is 19.0 Å². The number of aromatic nitrogens is 1. The Hall–Kier alpha value is -3.16. The monoisotopic (exact) mass is 369 g/mol. The van der Waals surface area contributed by atoms with E-state index in [1.807, 2.05) is 13.8 Å². The normalized spacial score (nSPS) is 20.7. The molecule has 1 aliphatic carbocycles. The first-order chi connectivity index (χ1) is 12.7. The van der Waals surface area contributed by atoms with Gasteiger partial charge < -0.3 is 14.9 Å². The molecule has 2 aromatic rings. The van der Waals surface area contributed by atoms with Crippen LogP contribution in [0.25, 0.3) is 0 Å². The van der Waals surface area contributed by atoms with Crippen molar-refractivity contribution in [3.63, 3.8) is 0 Å². The van der Waals surface area contributed by atoms with Gasteiger partial charge in [0.1, 0.15) is 5.75 Å². The Morgan fingerprint density at radius 2 is 2.11 bits per heavy atom. The minimum Gasteiger partial charge on any atom is -0.508 e. The van der Waals surface area contributed by atoms with Crippen LogP contribution in [0.3, 0.4) is 0 Å². The average molecular weight is 369 g/mol. The van der Waals surface area contributed by atoms with Crippen LogP contribution in [0.15, 0.2) is 34.0 Å². The summed E-state index contributed by atoms with van der Waals surface area (Å²) in [5, 5.41) is 28.9. The Morgan fingerprint density at radius 1 is 1.37 bits per heavy atom. The maximum Gasteiger partial charge on any atom is 0.270 e. The van der Waals surface area contributed by atoms with Crippen LogP contribution >= 0.6 is 0 Å². The van der Waals surface area contributed by atoms with Crippen molar-refractivity contribution in [1.82, 2.24) is 5.16 Å². The number of hydrogen-bond donors (Lipinski definition) is 2. The molecule has 0 bridgehead atoms. The summed E-state index contributed by atoms with van der Waals surface area (Å²) < 4.78 is 5.39. The van der Waals surface area contributed by atoms with E-state index < -0.39 is 10.8 Å². The van der Waals surface area contributed by atoms with Crippen molar-refractivity contribution >= 4 is 17.4 Å². The molecule has 0 amide bonds. The molecule has 0 radical (unpaired) electrons. The highest BCUT2D eigenvalue weighted by Gasteiger charge is 2.44. The summed E-state index contributed by atoms with van der Waals surface area (Å²) in [6.07, 6.45) is 0.985. The fourth-order valence-corrected chi connectivity index (χ4v) is 4.07. The largest absolute Gasteiger partial charge is 0.508 e. The van der Waals surface area contributed by atoms with Gasteiger partial charge in [-0.05, 0) is 24.8 Å². The maximum absolute atomic E-state index is 13.0. The quantitative estimate of drug-likeness (QED) is 0.610. The topological polar surface area (TPSA) is 118 Å². The summed E-state index contributed by atoms with van der Waals surface area (Å²) in [5.74, 6) is -0.405. The molecule has 0 spiro atoms. The van der Waals surface area contributed by atoms with E-state index in [1.54, 1.807) is 6.92 Å². The van der Waals surface area contributed by atoms with Crippen LogP contribution in [0.1, 0.15) is 49.4 Å². The Balaban J connectivity index is 1.98. The fourth-order valence-electron chi connectivity index (χ4n) is 4.07. The first-order valence-electron chi connectivity index (χ1n) is 8.65. The number of fused-ring (bicyclic) bond motifs is 1. The zero-order chi connectivity index (χ0) is 19.5. The van der Waals surface area contributed by atoms with Crippen LogP contribution in [0.2, 0.25) is 0 Å². The second kappa shape index (κ2) is 5.67. The number of carbonyl (C=O) groups excluding carboxylic acids is 1. The molecule has 4 rings (SSSR count). The number of Topliss-reactive ketones (excluding diaryl/α,β-unsaturated/α-hetero) is 1. The van der Waals surface area contributed by atoms with E-state index in [1.165, 1.54) is 18.2 Å². The Bertz CT molecular complexity index is 1020. The molecule has 1 aromatic carbocycles. The molecule has 0 saturated carbocycles. The van der Waals surface area contributed by atoms with E-state index >= 15 is 0 Å². The SMILES string of the molecule is Cc1noc2c1[C@H](c1cc([N+](=O)[O-])ccc1O)C1=C(CC(C)(C)CC1=O)N2. The first kappa shape index (κ1) is 17.3. The fraction of sp³-hybridized carbons (Fsp3) is 0.368. The Kier molecular flexibility index (Phi) is 3.62. The summed E-state index contributed by atoms with van der Waals surface area (Å²) in [6, 6.07) is 3.84. The van der Waals surface area contributed by atoms with E-state index in [4.69, 9.17) is 4.52 Å². The Labute approximate surface area is 155 Å². The number of aromatic hydroxyl groups is 1. The number of nitrogens with one attached hydrogen (secondary N) is 1. The molecule has 8 nitrogen and oxygen atoms in total. The van der Waals surface area contributed by atoms with Gasteiger partial charge in [0.2, 0.25) is 5.88 Å². The van der Waals surface area contributed by atoms with Crippen LogP contribution in [-0.2, 0) is 4.79 Å². The van der Waals surface area contributed by atoms with Crippen LogP contribution in [0, 0.1) is 22.5 Å². The number of anilines is 1. The molecule has 140 valence electrons. The van der Waals surface area contributed by atoms with Crippen LogP contribution in [0.5, 0.6) is 5.75 Å². The van der Waals surface area contributed by atoms with Crippen LogP contribution in [0.4, 0.5) is 11.6 Å². The van der Waals surface area contributed by atoms with Gasteiger partial charge in [0.25, 0.3) is 5.69 Å². The van der Waals surface area contributed by atoms with E-state index in [9.17, 15) is 20.0 Å². The third-order valence-corrected chi connectivity index (χ3v) is 5.20. The van der Waals surface area contributed by atoms with Gasteiger partial charge in [0.15, 0.2) is 5.78 Å². The molecular formula is C19H19N3O5. The van der Waals surface area contributed by atoms with Crippen molar-refractivity contribution in [3.8, 4) is 5.75 Å². The summed E-state index contributed by atoms with van der Waals surface area (Å²) in [4.78, 5) is 23.8. The van der Waals surface area contributed by atoms with Crippen molar-refractivity contribution in [2.24, 2.45) is 5.41 Å². The number of nitro benzene ring substituents is 1. The van der Waals surface area contributed by atoms with Crippen LogP contribution < -0.4 is 5.32 Å². The number of allylic oxidation sites excluding steroid dienone is 2. The van der Waals surface area contributed by atoms with Crippen molar-refractivity contribution in [1.29, 1.82) is 0 Å². The second-order valence-corrected chi connectivity index (χ2v) is 7.90. The smallest absolute Gasteiger partial charge is 0.270 e. The highest BCUT2D eigenvalue weighted by molar-refractivity contribution is 6.01. The molecule has 2 heterocycles. The van der Waals surface area contributed by atoms with E-state index in [0.29, 0.717) is 41.1 Å². The second-order valence-electron chi connectivity index (χ2n) is 7.90. The molecule has 0 unspecified atom stereocenters. The molecule has 2 aliphatic rings. The van der Waals surface area contributed by atoms with E-state index in [2.05, 4.69) is 10.5 Å². The summed E-state index contributed by atoms with van der Waals surface area (Å²) in [6.45, 7) is 5.77. The molecule has 2 N–H and O–H groups in total. The number of nitro groups is 1. The number of carbonyl (C=O) groups is 1.